The summed E-state index contributed by atoms with van der Waals surface area (Å²) in [6.45, 7) is 0. The molecule has 0 aromatic carbocycles. The molecule has 0 radical (unpaired) electrons. The van der Waals surface area contributed by atoms with Crippen molar-refractivity contribution in [2.24, 2.45) is 0 Å². The van der Waals surface area contributed by atoms with Gasteiger partial charge in [-0.15, -0.1) is 47.0 Å². The third-order valence-electron chi connectivity index (χ3n) is 2.43. The van der Waals surface area contributed by atoms with Crippen LogP contribution in [0.4, 0.5) is 0 Å². The van der Waals surface area contributed by atoms with E-state index in [1.165, 1.54) is 48.7 Å². The maximum absolute atomic E-state index is 2.22. The second-order valence-electron chi connectivity index (χ2n) is 3.63. The number of hydrogen-bond donors (Lipinski definition) is 0. The second-order valence-corrected chi connectivity index (χ2v) is 9.23. The van der Waals surface area contributed by atoms with Crippen LogP contribution in [0.2, 0.25) is 0 Å². The first kappa shape index (κ1) is 11.9. The fourth-order valence-corrected chi connectivity index (χ4v) is 8.47. The maximum atomic E-state index is 2.22. The summed E-state index contributed by atoms with van der Waals surface area (Å²) >= 11 is 8.88. The van der Waals surface area contributed by atoms with Gasteiger partial charge in [-0.1, -0.05) is 0 Å². The molecule has 2 aliphatic heterocycles. The molecular weight excluding hydrogens is 248 g/mol. The van der Waals surface area contributed by atoms with Crippen molar-refractivity contribution >= 4 is 47.0 Å². The molecule has 0 bridgehead atoms. The highest BCUT2D eigenvalue weighted by Crippen LogP contribution is 2.43. The number of hydrogen-bond acceptors (Lipinski definition) is 4. The zero-order valence-electron chi connectivity index (χ0n) is 8.44. The van der Waals surface area contributed by atoms with Crippen molar-refractivity contribution in [2.75, 3.05) is 23.0 Å². The minimum atomic E-state index is 0.880. The Morgan fingerprint density at radius 3 is 1.07 bits per heavy atom. The quantitative estimate of drug-likeness (QED) is 0.698. The zero-order chi connectivity index (χ0) is 9.64. The SMILES string of the molecule is C1CCSC(C2SCCCCS2)SC1. The van der Waals surface area contributed by atoms with Crippen LogP contribution in [0.1, 0.15) is 25.7 Å². The lowest BCUT2D eigenvalue weighted by Crippen LogP contribution is -2.13. The van der Waals surface area contributed by atoms with Gasteiger partial charge in [-0.05, 0) is 48.7 Å². The van der Waals surface area contributed by atoms with Crippen LogP contribution in [0.5, 0.6) is 0 Å². The van der Waals surface area contributed by atoms with Gasteiger partial charge in [-0.3, -0.25) is 0 Å². The van der Waals surface area contributed by atoms with Crippen LogP contribution >= 0.6 is 47.0 Å². The molecule has 0 nitrogen and oxygen atoms in total. The summed E-state index contributed by atoms with van der Waals surface area (Å²) in [7, 11) is 0. The smallest absolute Gasteiger partial charge is 0.0712 e. The molecule has 2 fully saturated rings. The van der Waals surface area contributed by atoms with Gasteiger partial charge in [0.05, 0.1) is 9.16 Å². The van der Waals surface area contributed by atoms with Gasteiger partial charge in [0.1, 0.15) is 0 Å². The summed E-state index contributed by atoms with van der Waals surface area (Å²) < 4.78 is 1.76. The lowest BCUT2D eigenvalue weighted by Gasteiger charge is -2.22. The Hall–Kier alpha value is 1.40. The molecule has 0 saturated carbocycles. The van der Waals surface area contributed by atoms with Crippen LogP contribution in [0, 0.1) is 0 Å². The molecule has 4 heteroatoms. The average Bonchev–Trinajstić information content (AvgIpc) is 2.62. The first-order chi connectivity index (χ1) is 6.97. The summed E-state index contributed by atoms with van der Waals surface area (Å²) in [6.07, 6.45) is 5.76. The molecular formula is C10H18S4. The molecule has 2 saturated heterocycles. The van der Waals surface area contributed by atoms with E-state index < -0.39 is 0 Å². The molecule has 0 amide bonds. The van der Waals surface area contributed by atoms with Crippen LogP contribution in [-0.2, 0) is 0 Å². The number of thioether (sulfide) groups is 4. The van der Waals surface area contributed by atoms with Crippen molar-refractivity contribution in [3.63, 3.8) is 0 Å². The van der Waals surface area contributed by atoms with Crippen LogP contribution in [-0.4, -0.2) is 32.2 Å². The van der Waals surface area contributed by atoms with Crippen molar-refractivity contribution in [3.8, 4) is 0 Å². The van der Waals surface area contributed by atoms with E-state index in [1.807, 2.05) is 0 Å². The Balaban J connectivity index is 1.83. The largest absolute Gasteiger partial charge is 0.146 e. The highest BCUT2D eigenvalue weighted by Gasteiger charge is 2.25. The Labute approximate surface area is 105 Å². The zero-order valence-corrected chi connectivity index (χ0v) is 11.7. The topological polar surface area (TPSA) is 0 Å². The number of rotatable bonds is 1. The Morgan fingerprint density at radius 2 is 0.786 bits per heavy atom. The molecule has 0 atom stereocenters. The van der Waals surface area contributed by atoms with Crippen LogP contribution in [0.15, 0.2) is 0 Å². The second kappa shape index (κ2) is 6.87. The van der Waals surface area contributed by atoms with Crippen molar-refractivity contribution in [1.82, 2.24) is 0 Å². The van der Waals surface area contributed by atoms with Gasteiger partial charge >= 0.3 is 0 Å². The Kier molecular flexibility index (Phi) is 5.83. The van der Waals surface area contributed by atoms with Crippen molar-refractivity contribution in [1.29, 1.82) is 0 Å². The van der Waals surface area contributed by atoms with Gasteiger partial charge in [-0.2, -0.15) is 0 Å². The fraction of sp³-hybridized carbons (Fsp3) is 1.00. The van der Waals surface area contributed by atoms with E-state index in [9.17, 15) is 0 Å². The van der Waals surface area contributed by atoms with Gasteiger partial charge in [0.15, 0.2) is 0 Å². The van der Waals surface area contributed by atoms with E-state index in [4.69, 9.17) is 0 Å². The molecule has 0 spiro atoms. The minimum absolute atomic E-state index is 0.880. The highest BCUT2D eigenvalue weighted by atomic mass is 32.2. The summed E-state index contributed by atoms with van der Waals surface area (Å²) in [6, 6.07) is 0. The van der Waals surface area contributed by atoms with Crippen LogP contribution in [0.25, 0.3) is 0 Å². The molecule has 2 heterocycles. The van der Waals surface area contributed by atoms with E-state index in [0.29, 0.717) is 0 Å². The van der Waals surface area contributed by atoms with E-state index in [1.54, 1.807) is 0 Å². The predicted molar refractivity (Wildman–Crippen MR) is 75.9 cm³/mol. The summed E-state index contributed by atoms with van der Waals surface area (Å²) in [5, 5.41) is 0. The molecule has 0 N–H and O–H groups in total. The molecule has 2 aliphatic rings. The van der Waals surface area contributed by atoms with Crippen molar-refractivity contribution in [3.05, 3.63) is 0 Å². The highest BCUT2D eigenvalue weighted by molar-refractivity contribution is 8.23. The third-order valence-corrected chi connectivity index (χ3v) is 9.25. The van der Waals surface area contributed by atoms with E-state index in [0.717, 1.165) is 9.16 Å². The van der Waals surface area contributed by atoms with Gasteiger partial charge in [0, 0.05) is 0 Å². The average molecular weight is 267 g/mol. The molecule has 2 rings (SSSR count). The lowest BCUT2D eigenvalue weighted by atomic mass is 10.4. The first-order valence-corrected chi connectivity index (χ1v) is 9.63. The molecule has 0 unspecified atom stereocenters. The lowest BCUT2D eigenvalue weighted by molar-refractivity contribution is 0.912. The van der Waals surface area contributed by atoms with Crippen LogP contribution in [0.3, 0.4) is 0 Å². The van der Waals surface area contributed by atoms with Crippen LogP contribution < -0.4 is 0 Å². The third kappa shape index (κ3) is 3.76. The monoisotopic (exact) mass is 266 g/mol. The predicted octanol–water partition coefficient (Wildman–Crippen LogP) is 4.16. The van der Waals surface area contributed by atoms with E-state index in [2.05, 4.69) is 47.0 Å². The van der Waals surface area contributed by atoms with Crippen molar-refractivity contribution in [2.45, 2.75) is 34.8 Å². The summed E-state index contributed by atoms with van der Waals surface area (Å²) in [5.41, 5.74) is 0. The van der Waals surface area contributed by atoms with Gasteiger partial charge in [0.25, 0.3) is 0 Å². The van der Waals surface area contributed by atoms with E-state index >= 15 is 0 Å². The summed E-state index contributed by atoms with van der Waals surface area (Å²) in [5.74, 6) is 5.59. The maximum Gasteiger partial charge on any atom is 0.0712 e. The van der Waals surface area contributed by atoms with Gasteiger partial charge in [-0.25, -0.2) is 0 Å². The van der Waals surface area contributed by atoms with E-state index in [-0.39, 0.29) is 0 Å². The van der Waals surface area contributed by atoms with Gasteiger partial charge in [0.2, 0.25) is 0 Å². The summed E-state index contributed by atoms with van der Waals surface area (Å²) in [4.78, 5) is 0. The van der Waals surface area contributed by atoms with Crippen molar-refractivity contribution < 1.29 is 0 Å². The standard InChI is InChI=1S/C10H18S4/c1-2-6-12-9(11-5-1)10-13-7-3-4-8-14-10/h9-10H,1-8H2. The fourth-order valence-electron chi connectivity index (χ4n) is 1.62. The Morgan fingerprint density at radius 1 is 0.500 bits per heavy atom. The minimum Gasteiger partial charge on any atom is -0.146 e. The first-order valence-electron chi connectivity index (χ1n) is 5.43. The molecule has 0 aromatic heterocycles. The Bertz CT molecular complexity index is 128. The molecule has 82 valence electrons. The molecule has 0 aliphatic carbocycles. The van der Waals surface area contributed by atoms with Gasteiger partial charge < -0.3 is 0 Å². The molecule has 14 heavy (non-hydrogen) atoms. The molecule has 0 aromatic rings. The normalized spacial score (nSPS) is 28.3.